The van der Waals surface area contributed by atoms with E-state index in [0.717, 1.165) is 24.3 Å². The van der Waals surface area contributed by atoms with Gasteiger partial charge in [-0.25, -0.2) is 4.98 Å². The smallest absolute Gasteiger partial charge is 0.121 e. The highest BCUT2D eigenvalue weighted by atomic mass is 32.1. The third kappa shape index (κ3) is 3.15. The Kier molecular flexibility index (Phi) is 4.08. The van der Waals surface area contributed by atoms with Crippen LogP contribution in [-0.4, -0.2) is 10.1 Å². The van der Waals surface area contributed by atoms with E-state index in [1.165, 1.54) is 16.9 Å². The van der Waals surface area contributed by atoms with Crippen LogP contribution in [0.15, 0.2) is 41.9 Å². The number of aliphatic hydroxyl groups is 1. The van der Waals surface area contributed by atoms with E-state index in [2.05, 4.69) is 17.1 Å². The molecule has 0 unspecified atom stereocenters. The number of rotatable bonds is 5. The molecule has 0 bridgehead atoms. The van der Waals surface area contributed by atoms with E-state index in [1.54, 1.807) is 6.20 Å². The SMILES string of the molecule is O[C@H](CCCc1ccccc1)c1nccs1. The van der Waals surface area contributed by atoms with E-state index in [1.807, 2.05) is 23.6 Å². The molecule has 0 saturated carbocycles. The molecule has 0 aliphatic carbocycles. The zero-order valence-electron chi connectivity index (χ0n) is 9.04. The minimum atomic E-state index is -0.399. The zero-order chi connectivity index (χ0) is 11.2. The van der Waals surface area contributed by atoms with Crippen molar-refractivity contribution in [3.05, 3.63) is 52.5 Å². The lowest BCUT2D eigenvalue weighted by Crippen LogP contribution is -1.97. The molecule has 0 fully saturated rings. The van der Waals surface area contributed by atoms with Gasteiger partial charge in [-0.05, 0) is 24.8 Å². The van der Waals surface area contributed by atoms with Crippen molar-refractivity contribution in [1.82, 2.24) is 4.98 Å². The van der Waals surface area contributed by atoms with Crippen LogP contribution in [0.4, 0.5) is 0 Å². The first-order valence-corrected chi connectivity index (χ1v) is 6.35. The quantitative estimate of drug-likeness (QED) is 0.860. The predicted molar refractivity (Wildman–Crippen MR) is 66.5 cm³/mol. The highest BCUT2D eigenvalue weighted by Crippen LogP contribution is 2.21. The Bertz CT molecular complexity index is 399. The van der Waals surface area contributed by atoms with Crippen LogP contribution < -0.4 is 0 Å². The summed E-state index contributed by atoms with van der Waals surface area (Å²) in [5.74, 6) is 0. The Morgan fingerprint density at radius 3 is 2.75 bits per heavy atom. The maximum atomic E-state index is 9.84. The standard InChI is InChI=1S/C13H15NOS/c15-12(13-14-9-10-16-13)8-4-7-11-5-2-1-3-6-11/h1-3,5-6,9-10,12,15H,4,7-8H2/t12-/m1/s1. The van der Waals surface area contributed by atoms with Gasteiger partial charge in [0.1, 0.15) is 11.1 Å². The first kappa shape index (κ1) is 11.3. The van der Waals surface area contributed by atoms with Crippen LogP contribution in [0.5, 0.6) is 0 Å². The Morgan fingerprint density at radius 2 is 2.06 bits per heavy atom. The lowest BCUT2D eigenvalue weighted by Gasteiger charge is -2.06. The highest BCUT2D eigenvalue weighted by Gasteiger charge is 2.09. The first-order chi connectivity index (χ1) is 7.86. The normalized spacial score (nSPS) is 12.6. The lowest BCUT2D eigenvalue weighted by atomic mass is 10.1. The zero-order valence-corrected chi connectivity index (χ0v) is 9.86. The highest BCUT2D eigenvalue weighted by molar-refractivity contribution is 7.09. The van der Waals surface area contributed by atoms with Gasteiger partial charge in [-0.3, -0.25) is 0 Å². The second-order valence-corrected chi connectivity index (χ2v) is 4.69. The summed E-state index contributed by atoms with van der Waals surface area (Å²) in [4.78, 5) is 4.11. The van der Waals surface area contributed by atoms with Gasteiger partial charge in [-0.1, -0.05) is 30.3 Å². The topological polar surface area (TPSA) is 33.1 Å². The fourth-order valence-corrected chi connectivity index (χ4v) is 2.32. The number of aromatic nitrogens is 1. The summed E-state index contributed by atoms with van der Waals surface area (Å²) < 4.78 is 0. The summed E-state index contributed by atoms with van der Waals surface area (Å²) in [6, 6.07) is 10.4. The molecule has 0 amide bonds. The minimum Gasteiger partial charge on any atom is -0.386 e. The van der Waals surface area contributed by atoms with E-state index in [4.69, 9.17) is 0 Å². The molecule has 0 radical (unpaired) electrons. The molecule has 2 aromatic rings. The molecule has 0 spiro atoms. The summed E-state index contributed by atoms with van der Waals surface area (Å²) in [6.07, 6.45) is 4.13. The summed E-state index contributed by atoms with van der Waals surface area (Å²) >= 11 is 1.52. The maximum absolute atomic E-state index is 9.84. The van der Waals surface area contributed by atoms with Crippen LogP contribution in [0.2, 0.25) is 0 Å². The maximum Gasteiger partial charge on any atom is 0.121 e. The summed E-state index contributed by atoms with van der Waals surface area (Å²) in [6.45, 7) is 0. The predicted octanol–water partition coefficient (Wildman–Crippen LogP) is 3.20. The Labute approximate surface area is 99.6 Å². The van der Waals surface area contributed by atoms with E-state index < -0.39 is 6.10 Å². The molecule has 1 atom stereocenters. The van der Waals surface area contributed by atoms with Crippen molar-refractivity contribution in [2.45, 2.75) is 25.4 Å². The number of nitrogens with zero attached hydrogens (tertiary/aromatic N) is 1. The number of hydrogen-bond acceptors (Lipinski definition) is 3. The largest absolute Gasteiger partial charge is 0.386 e. The van der Waals surface area contributed by atoms with Crippen molar-refractivity contribution in [3.8, 4) is 0 Å². The van der Waals surface area contributed by atoms with E-state index in [9.17, 15) is 5.11 Å². The fraction of sp³-hybridized carbons (Fsp3) is 0.308. The Hall–Kier alpha value is -1.19. The fourth-order valence-electron chi connectivity index (χ4n) is 1.67. The van der Waals surface area contributed by atoms with Crippen molar-refractivity contribution >= 4 is 11.3 Å². The summed E-state index contributed by atoms with van der Waals surface area (Å²) in [5.41, 5.74) is 1.33. The molecule has 1 aromatic heterocycles. The van der Waals surface area contributed by atoms with Gasteiger partial charge in [0.25, 0.3) is 0 Å². The Morgan fingerprint density at radius 1 is 1.25 bits per heavy atom. The summed E-state index contributed by atoms with van der Waals surface area (Å²) in [5, 5.41) is 12.6. The third-order valence-corrected chi connectivity index (χ3v) is 3.40. The van der Waals surface area contributed by atoms with Crippen LogP contribution in [-0.2, 0) is 6.42 Å². The van der Waals surface area contributed by atoms with Gasteiger partial charge >= 0.3 is 0 Å². The lowest BCUT2D eigenvalue weighted by molar-refractivity contribution is 0.164. The number of benzene rings is 1. The van der Waals surface area contributed by atoms with Gasteiger partial charge < -0.3 is 5.11 Å². The third-order valence-electron chi connectivity index (χ3n) is 2.52. The van der Waals surface area contributed by atoms with Crippen LogP contribution >= 0.6 is 11.3 Å². The molecule has 0 saturated heterocycles. The van der Waals surface area contributed by atoms with Gasteiger partial charge in [-0.15, -0.1) is 11.3 Å². The molecule has 3 heteroatoms. The van der Waals surface area contributed by atoms with E-state index in [0.29, 0.717) is 0 Å². The molecule has 16 heavy (non-hydrogen) atoms. The van der Waals surface area contributed by atoms with E-state index in [-0.39, 0.29) is 0 Å². The second kappa shape index (κ2) is 5.77. The number of hydrogen-bond donors (Lipinski definition) is 1. The number of aryl methyl sites for hydroxylation is 1. The van der Waals surface area contributed by atoms with Gasteiger partial charge in [0.15, 0.2) is 0 Å². The van der Waals surface area contributed by atoms with Crippen LogP contribution in [0.3, 0.4) is 0 Å². The molecular weight excluding hydrogens is 218 g/mol. The molecule has 1 N–H and O–H groups in total. The van der Waals surface area contributed by atoms with Crippen molar-refractivity contribution < 1.29 is 5.11 Å². The molecule has 1 aromatic carbocycles. The van der Waals surface area contributed by atoms with Crippen LogP contribution in [0.1, 0.15) is 29.5 Å². The average Bonchev–Trinajstić information content (AvgIpc) is 2.84. The summed E-state index contributed by atoms with van der Waals surface area (Å²) in [7, 11) is 0. The first-order valence-electron chi connectivity index (χ1n) is 5.47. The van der Waals surface area contributed by atoms with Gasteiger partial charge in [0.2, 0.25) is 0 Å². The van der Waals surface area contributed by atoms with Crippen molar-refractivity contribution in [1.29, 1.82) is 0 Å². The van der Waals surface area contributed by atoms with Crippen molar-refractivity contribution in [3.63, 3.8) is 0 Å². The van der Waals surface area contributed by atoms with Gasteiger partial charge in [-0.2, -0.15) is 0 Å². The molecule has 2 rings (SSSR count). The Balaban J connectivity index is 1.76. The molecule has 1 heterocycles. The van der Waals surface area contributed by atoms with Gasteiger partial charge in [0.05, 0.1) is 0 Å². The van der Waals surface area contributed by atoms with Crippen molar-refractivity contribution in [2.75, 3.05) is 0 Å². The molecule has 0 aliphatic heterocycles. The monoisotopic (exact) mass is 233 g/mol. The number of thiazole rings is 1. The van der Waals surface area contributed by atoms with Gasteiger partial charge in [0, 0.05) is 11.6 Å². The second-order valence-electron chi connectivity index (χ2n) is 3.76. The molecular formula is C13H15NOS. The van der Waals surface area contributed by atoms with E-state index >= 15 is 0 Å². The van der Waals surface area contributed by atoms with Crippen LogP contribution in [0, 0.1) is 0 Å². The molecule has 0 aliphatic rings. The van der Waals surface area contributed by atoms with Crippen molar-refractivity contribution in [2.24, 2.45) is 0 Å². The number of aliphatic hydroxyl groups excluding tert-OH is 1. The van der Waals surface area contributed by atoms with Crippen LogP contribution in [0.25, 0.3) is 0 Å². The molecule has 84 valence electrons. The molecule has 2 nitrogen and oxygen atoms in total. The minimum absolute atomic E-state index is 0.399. The average molecular weight is 233 g/mol.